The Labute approximate surface area is 260 Å². The average molecular weight is 606 g/mol. The number of carboxylic acids is 1. The van der Waals surface area contributed by atoms with Gasteiger partial charge in [-0.25, -0.2) is 0 Å². The fraction of sp³-hybridized carbons (Fsp3) is 0.735. The second-order valence-corrected chi connectivity index (χ2v) is 11.5. The van der Waals surface area contributed by atoms with Crippen molar-refractivity contribution in [2.45, 2.75) is 96.9 Å². The molecule has 0 saturated carbocycles. The summed E-state index contributed by atoms with van der Waals surface area (Å²) in [4.78, 5) is 41.6. The number of nitrogens with zero attached hydrogens (tertiary/aromatic N) is 3. The van der Waals surface area contributed by atoms with Gasteiger partial charge in [0.1, 0.15) is 0 Å². The second-order valence-electron chi connectivity index (χ2n) is 11.5. The van der Waals surface area contributed by atoms with Crippen LogP contribution in [0.15, 0.2) is 30.3 Å². The third-order valence-electron chi connectivity index (χ3n) is 8.00. The van der Waals surface area contributed by atoms with E-state index in [1.54, 1.807) is 4.90 Å². The van der Waals surface area contributed by atoms with Crippen LogP contribution in [0.1, 0.15) is 90.0 Å². The summed E-state index contributed by atoms with van der Waals surface area (Å²) in [5.74, 6) is -1.78. The largest absolute Gasteiger partial charge is 0.480 e. The number of ether oxygens (including phenoxy) is 2. The first kappa shape index (κ1) is 38.5. The number of hydrogen-bond acceptors (Lipinski definition) is 8. The summed E-state index contributed by atoms with van der Waals surface area (Å²) < 4.78 is 9.55. The van der Waals surface area contributed by atoms with Crippen LogP contribution in [0.4, 0.5) is 0 Å². The molecule has 1 rings (SSSR count). The lowest BCUT2D eigenvalue weighted by atomic mass is 10.0. The SMILES string of the molecule is CCCN(CC)C(CCCCCCCCCCCc1ccccc1)CN(CCN(CC(=O)OC)CC(=O)OC)CC(=O)O. The van der Waals surface area contributed by atoms with Crippen molar-refractivity contribution in [3.8, 4) is 0 Å². The summed E-state index contributed by atoms with van der Waals surface area (Å²) in [5.41, 5.74) is 1.44. The van der Waals surface area contributed by atoms with Crippen molar-refractivity contribution < 1.29 is 29.0 Å². The molecule has 0 aliphatic rings. The van der Waals surface area contributed by atoms with Crippen LogP contribution in [0.5, 0.6) is 0 Å². The van der Waals surface area contributed by atoms with Gasteiger partial charge < -0.3 is 14.6 Å². The van der Waals surface area contributed by atoms with E-state index in [0.717, 1.165) is 32.4 Å². The molecule has 0 bridgehead atoms. The van der Waals surface area contributed by atoms with Crippen molar-refractivity contribution >= 4 is 17.9 Å². The highest BCUT2D eigenvalue weighted by Gasteiger charge is 2.23. The lowest BCUT2D eigenvalue weighted by Gasteiger charge is -2.35. The molecule has 0 aliphatic heterocycles. The van der Waals surface area contributed by atoms with Gasteiger partial charge in [-0.1, -0.05) is 95.5 Å². The third kappa shape index (κ3) is 19.4. The maximum absolute atomic E-state index is 11.9. The predicted molar refractivity (Wildman–Crippen MR) is 172 cm³/mol. The Hall–Kier alpha value is -2.49. The first-order valence-corrected chi connectivity index (χ1v) is 16.4. The van der Waals surface area contributed by atoms with Crippen molar-refractivity contribution in [3.63, 3.8) is 0 Å². The molecule has 0 radical (unpaired) electrons. The van der Waals surface area contributed by atoms with E-state index >= 15 is 0 Å². The Balaban J connectivity index is 2.53. The maximum Gasteiger partial charge on any atom is 0.319 e. The molecule has 1 unspecified atom stereocenters. The zero-order valence-corrected chi connectivity index (χ0v) is 27.4. The fourth-order valence-corrected chi connectivity index (χ4v) is 5.58. The van der Waals surface area contributed by atoms with E-state index in [0.29, 0.717) is 19.6 Å². The van der Waals surface area contributed by atoms with Gasteiger partial charge >= 0.3 is 17.9 Å². The number of unbranched alkanes of at least 4 members (excludes halogenated alkanes) is 8. The molecule has 1 aromatic carbocycles. The van der Waals surface area contributed by atoms with E-state index in [1.807, 2.05) is 4.90 Å². The van der Waals surface area contributed by atoms with Gasteiger partial charge in [-0.3, -0.25) is 29.1 Å². The van der Waals surface area contributed by atoms with Crippen LogP contribution in [0.3, 0.4) is 0 Å². The Bertz CT molecular complexity index is 851. The number of aliphatic carboxylic acids is 1. The topological polar surface area (TPSA) is 99.6 Å². The molecular formula is C34H59N3O6. The molecule has 9 nitrogen and oxygen atoms in total. The highest BCUT2D eigenvalue weighted by Crippen LogP contribution is 2.16. The minimum atomic E-state index is -0.884. The number of benzene rings is 1. The van der Waals surface area contributed by atoms with E-state index in [9.17, 15) is 19.5 Å². The molecule has 9 heteroatoms. The predicted octanol–water partition coefficient (Wildman–Crippen LogP) is 5.27. The second kappa shape index (κ2) is 24.9. The summed E-state index contributed by atoms with van der Waals surface area (Å²) in [6.45, 7) is 7.45. The van der Waals surface area contributed by atoms with Gasteiger partial charge in [0.2, 0.25) is 0 Å². The first-order valence-electron chi connectivity index (χ1n) is 16.4. The highest BCUT2D eigenvalue weighted by molar-refractivity contribution is 5.74. The third-order valence-corrected chi connectivity index (χ3v) is 8.00. The number of carbonyl (C=O) groups is 3. The van der Waals surface area contributed by atoms with Crippen LogP contribution in [0, 0.1) is 0 Å². The van der Waals surface area contributed by atoms with Crippen molar-refractivity contribution in [1.29, 1.82) is 0 Å². The molecule has 0 saturated heterocycles. The van der Waals surface area contributed by atoms with E-state index in [4.69, 9.17) is 9.47 Å². The number of hydrogen-bond donors (Lipinski definition) is 1. The van der Waals surface area contributed by atoms with Crippen LogP contribution in [0.25, 0.3) is 0 Å². The summed E-state index contributed by atoms with van der Waals surface area (Å²) in [5, 5.41) is 9.63. The van der Waals surface area contributed by atoms with Gasteiger partial charge in [-0.05, 0) is 44.3 Å². The fourth-order valence-electron chi connectivity index (χ4n) is 5.58. The van der Waals surface area contributed by atoms with Crippen LogP contribution in [-0.4, -0.2) is 110 Å². The molecule has 246 valence electrons. The van der Waals surface area contributed by atoms with Gasteiger partial charge in [0, 0.05) is 25.7 Å². The zero-order chi connectivity index (χ0) is 31.7. The number of aryl methyl sites for hydroxylation is 1. The Morgan fingerprint density at radius 1 is 0.721 bits per heavy atom. The van der Waals surface area contributed by atoms with E-state index in [1.165, 1.54) is 77.6 Å². The lowest BCUT2D eigenvalue weighted by molar-refractivity contribution is -0.146. The minimum absolute atomic E-state index is 0.0550. The summed E-state index contributed by atoms with van der Waals surface area (Å²) in [6, 6.07) is 11.0. The maximum atomic E-state index is 11.9. The summed E-state index contributed by atoms with van der Waals surface area (Å²) >= 11 is 0. The van der Waals surface area contributed by atoms with Crippen molar-refractivity contribution in [1.82, 2.24) is 14.7 Å². The van der Waals surface area contributed by atoms with Gasteiger partial charge in [0.15, 0.2) is 0 Å². The summed E-state index contributed by atoms with van der Waals surface area (Å²) in [7, 11) is 2.61. The molecule has 1 N–H and O–H groups in total. The van der Waals surface area contributed by atoms with Gasteiger partial charge in [0.25, 0.3) is 0 Å². The standard InChI is InChI=1S/C34H59N3O6/c1-5-23-37(6-2)31(22-18-13-11-9-7-8-10-12-15-19-30-20-16-14-17-21-30)26-35(27-32(38)39)24-25-36(28-33(40)42-3)29-34(41)43-4/h14,16-17,20-21,31H,5-13,15,18-19,22-29H2,1-4H3,(H,38,39). The van der Waals surface area contributed by atoms with Crippen LogP contribution < -0.4 is 0 Å². The number of carboxylic acid groups (broad SMARTS) is 1. The number of carbonyl (C=O) groups excluding carboxylic acids is 2. The number of esters is 2. The Kier molecular flexibility index (Phi) is 22.3. The van der Waals surface area contributed by atoms with Gasteiger partial charge in [0.05, 0.1) is 33.9 Å². The van der Waals surface area contributed by atoms with Crippen molar-refractivity contribution in [2.24, 2.45) is 0 Å². The molecule has 1 aromatic rings. The smallest absolute Gasteiger partial charge is 0.319 e. The minimum Gasteiger partial charge on any atom is -0.480 e. The first-order chi connectivity index (χ1) is 20.8. The summed E-state index contributed by atoms with van der Waals surface area (Å²) in [6.07, 6.45) is 14.6. The van der Waals surface area contributed by atoms with E-state index in [-0.39, 0.29) is 25.7 Å². The molecule has 0 aromatic heterocycles. The molecule has 0 amide bonds. The van der Waals surface area contributed by atoms with Crippen LogP contribution in [0.2, 0.25) is 0 Å². The Morgan fingerprint density at radius 2 is 1.26 bits per heavy atom. The highest BCUT2D eigenvalue weighted by atomic mass is 16.5. The molecule has 1 atom stereocenters. The van der Waals surface area contributed by atoms with Gasteiger partial charge in [-0.2, -0.15) is 0 Å². The van der Waals surface area contributed by atoms with Gasteiger partial charge in [-0.15, -0.1) is 0 Å². The number of rotatable bonds is 27. The van der Waals surface area contributed by atoms with Crippen LogP contribution in [-0.2, 0) is 30.3 Å². The molecule has 0 heterocycles. The van der Waals surface area contributed by atoms with Crippen molar-refractivity contribution in [2.75, 3.05) is 66.6 Å². The molecule has 0 spiro atoms. The molecule has 0 aliphatic carbocycles. The quantitative estimate of drug-likeness (QED) is 0.106. The molecular weight excluding hydrogens is 546 g/mol. The van der Waals surface area contributed by atoms with E-state index in [2.05, 4.69) is 49.1 Å². The molecule has 0 fully saturated rings. The number of likely N-dealkylation sites (N-methyl/N-ethyl adjacent to an activating group) is 1. The normalized spacial score (nSPS) is 12.2. The monoisotopic (exact) mass is 605 g/mol. The number of methoxy groups -OCH3 is 2. The average Bonchev–Trinajstić information content (AvgIpc) is 3.00. The molecule has 43 heavy (non-hydrogen) atoms. The van der Waals surface area contributed by atoms with E-state index < -0.39 is 17.9 Å². The Morgan fingerprint density at radius 3 is 1.77 bits per heavy atom. The van der Waals surface area contributed by atoms with Crippen LogP contribution >= 0.6 is 0 Å². The van der Waals surface area contributed by atoms with Crippen molar-refractivity contribution in [3.05, 3.63) is 35.9 Å². The lowest BCUT2D eigenvalue weighted by Crippen LogP contribution is -2.48. The zero-order valence-electron chi connectivity index (χ0n) is 27.4.